The van der Waals surface area contributed by atoms with Crippen molar-refractivity contribution in [3.63, 3.8) is 0 Å². The van der Waals surface area contributed by atoms with Crippen molar-refractivity contribution < 1.29 is 9.59 Å². The summed E-state index contributed by atoms with van der Waals surface area (Å²) >= 11 is 0. The topological polar surface area (TPSA) is 34.1 Å². The van der Waals surface area contributed by atoms with Crippen molar-refractivity contribution >= 4 is 11.6 Å². The average Bonchev–Trinajstić information content (AvgIpc) is 3.15. The van der Waals surface area contributed by atoms with E-state index < -0.39 is 5.41 Å². The molecule has 0 N–H and O–H groups in total. The smallest absolute Gasteiger partial charge is 0.147 e. The van der Waals surface area contributed by atoms with E-state index in [2.05, 4.69) is 20.4 Å². The van der Waals surface area contributed by atoms with Gasteiger partial charge in [-0.2, -0.15) is 0 Å². The number of allylic oxidation sites excluding steroid dienone is 1. The van der Waals surface area contributed by atoms with Crippen LogP contribution in [0.15, 0.2) is 12.7 Å². The van der Waals surface area contributed by atoms with Gasteiger partial charge in [0.1, 0.15) is 11.6 Å². The Labute approximate surface area is 117 Å². The lowest BCUT2D eigenvalue weighted by Crippen LogP contribution is -2.28. The highest BCUT2D eigenvalue weighted by Crippen LogP contribution is 2.56. The van der Waals surface area contributed by atoms with Crippen LogP contribution in [0.5, 0.6) is 0 Å². The van der Waals surface area contributed by atoms with Crippen molar-refractivity contribution in [2.75, 3.05) is 0 Å². The lowest BCUT2D eigenvalue weighted by molar-refractivity contribution is -0.135. The van der Waals surface area contributed by atoms with Gasteiger partial charge in [0.2, 0.25) is 0 Å². The molecule has 1 atom stereocenters. The van der Waals surface area contributed by atoms with Crippen LogP contribution in [0.25, 0.3) is 0 Å². The molecule has 0 saturated heterocycles. The van der Waals surface area contributed by atoms with Crippen molar-refractivity contribution in [2.24, 2.45) is 11.3 Å². The summed E-state index contributed by atoms with van der Waals surface area (Å²) < 4.78 is 0. The number of carbonyl (C=O) groups is 2. The molecule has 0 aromatic heterocycles. The third kappa shape index (κ3) is 3.77. The number of hydrogen-bond acceptors (Lipinski definition) is 2. The summed E-state index contributed by atoms with van der Waals surface area (Å²) in [5, 5.41) is 0. The SMILES string of the molecule is C=CC1CC1(C(=O)CCCCC)C(=O)CCCCC. The normalized spacial score (nSPS) is 20.0. The van der Waals surface area contributed by atoms with E-state index in [4.69, 9.17) is 0 Å². The van der Waals surface area contributed by atoms with E-state index in [-0.39, 0.29) is 17.5 Å². The molecule has 0 amide bonds. The zero-order valence-electron chi connectivity index (χ0n) is 12.5. The molecule has 2 heteroatoms. The van der Waals surface area contributed by atoms with Gasteiger partial charge in [-0.1, -0.05) is 45.6 Å². The number of ketones is 2. The minimum Gasteiger partial charge on any atom is -0.299 e. The predicted molar refractivity (Wildman–Crippen MR) is 79.0 cm³/mol. The zero-order valence-corrected chi connectivity index (χ0v) is 12.5. The summed E-state index contributed by atoms with van der Waals surface area (Å²) in [5.74, 6) is 0.454. The number of Topliss-reactive ketones (excluding diaryl/α,β-unsaturated/α-hetero) is 2. The first kappa shape index (κ1) is 16.1. The quantitative estimate of drug-likeness (QED) is 0.313. The summed E-state index contributed by atoms with van der Waals surface area (Å²) in [4.78, 5) is 24.8. The highest BCUT2D eigenvalue weighted by Gasteiger charge is 2.61. The van der Waals surface area contributed by atoms with Gasteiger partial charge in [-0.25, -0.2) is 0 Å². The molecule has 0 aliphatic heterocycles. The van der Waals surface area contributed by atoms with Crippen molar-refractivity contribution in [3.8, 4) is 0 Å². The lowest BCUT2D eigenvalue weighted by Gasteiger charge is -2.14. The molecule has 0 heterocycles. The Bertz CT molecular complexity index is 308. The van der Waals surface area contributed by atoms with Gasteiger partial charge in [0.05, 0.1) is 5.41 Å². The van der Waals surface area contributed by atoms with E-state index in [9.17, 15) is 9.59 Å². The molecule has 1 aliphatic carbocycles. The fourth-order valence-corrected chi connectivity index (χ4v) is 2.89. The second-order valence-electron chi connectivity index (χ2n) is 5.78. The predicted octanol–water partition coefficient (Wildman–Crippen LogP) is 4.48. The number of rotatable bonds is 11. The number of hydrogen-bond donors (Lipinski definition) is 0. The standard InChI is InChI=1S/C17H28O2/c1-4-7-9-11-15(18)17(13-14(17)6-3)16(19)12-10-8-5-2/h6,14H,3-5,7-13H2,1-2H3. The van der Waals surface area contributed by atoms with E-state index in [1.54, 1.807) is 6.08 Å². The molecule has 0 aromatic carbocycles. The van der Waals surface area contributed by atoms with Crippen LogP contribution < -0.4 is 0 Å². The minimum absolute atomic E-state index is 0.107. The molecule has 108 valence electrons. The maximum absolute atomic E-state index is 12.4. The van der Waals surface area contributed by atoms with Gasteiger partial charge in [-0.05, 0) is 25.2 Å². The van der Waals surface area contributed by atoms with Gasteiger partial charge in [-0.15, -0.1) is 6.58 Å². The van der Waals surface area contributed by atoms with E-state index >= 15 is 0 Å². The van der Waals surface area contributed by atoms with Gasteiger partial charge in [0.15, 0.2) is 0 Å². The monoisotopic (exact) mass is 264 g/mol. The molecule has 2 nitrogen and oxygen atoms in total. The molecule has 0 spiro atoms. The third-order valence-electron chi connectivity index (χ3n) is 4.31. The molecule has 1 aliphatic rings. The molecule has 0 aromatic rings. The van der Waals surface area contributed by atoms with Gasteiger partial charge in [0.25, 0.3) is 0 Å². The van der Waals surface area contributed by atoms with Crippen molar-refractivity contribution in [1.82, 2.24) is 0 Å². The average molecular weight is 264 g/mol. The van der Waals surface area contributed by atoms with Gasteiger partial charge >= 0.3 is 0 Å². The third-order valence-corrected chi connectivity index (χ3v) is 4.31. The van der Waals surface area contributed by atoms with Crippen LogP contribution in [0, 0.1) is 11.3 Å². The highest BCUT2D eigenvalue weighted by atomic mass is 16.2. The van der Waals surface area contributed by atoms with Crippen LogP contribution in [-0.2, 0) is 9.59 Å². The summed E-state index contributed by atoms with van der Waals surface area (Å²) in [7, 11) is 0. The summed E-state index contributed by atoms with van der Waals surface area (Å²) in [6.07, 6.45) is 9.85. The summed E-state index contributed by atoms with van der Waals surface area (Å²) in [6, 6.07) is 0. The van der Waals surface area contributed by atoms with Crippen LogP contribution in [0.2, 0.25) is 0 Å². The van der Waals surface area contributed by atoms with E-state index in [0.29, 0.717) is 19.3 Å². The molecule has 0 bridgehead atoms. The Morgan fingerprint density at radius 3 is 1.84 bits per heavy atom. The van der Waals surface area contributed by atoms with Crippen molar-refractivity contribution in [1.29, 1.82) is 0 Å². The fraction of sp³-hybridized carbons (Fsp3) is 0.765. The van der Waals surface area contributed by atoms with E-state index in [1.807, 2.05) is 0 Å². The van der Waals surface area contributed by atoms with Crippen LogP contribution in [0.1, 0.15) is 71.6 Å². The van der Waals surface area contributed by atoms with Crippen LogP contribution in [0.4, 0.5) is 0 Å². The maximum Gasteiger partial charge on any atom is 0.147 e. The second kappa shape index (κ2) is 7.62. The maximum atomic E-state index is 12.4. The van der Waals surface area contributed by atoms with Crippen LogP contribution in [0.3, 0.4) is 0 Å². The molecule has 0 radical (unpaired) electrons. The first-order chi connectivity index (χ1) is 9.13. The lowest BCUT2D eigenvalue weighted by atomic mass is 9.86. The van der Waals surface area contributed by atoms with E-state index in [0.717, 1.165) is 38.5 Å². The van der Waals surface area contributed by atoms with E-state index in [1.165, 1.54) is 0 Å². The van der Waals surface area contributed by atoms with Crippen LogP contribution >= 0.6 is 0 Å². The Hall–Kier alpha value is -0.920. The largest absolute Gasteiger partial charge is 0.299 e. The number of unbranched alkanes of at least 4 members (excludes halogenated alkanes) is 4. The zero-order chi connectivity index (χ0) is 14.3. The molecular weight excluding hydrogens is 236 g/mol. The van der Waals surface area contributed by atoms with Gasteiger partial charge in [0, 0.05) is 12.8 Å². The molecule has 1 fully saturated rings. The van der Waals surface area contributed by atoms with Gasteiger partial charge < -0.3 is 0 Å². The van der Waals surface area contributed by atoms with Crippen LogP contribution in [-0.4, -0.2) is 11.6 Å². The Kier molecular flexibility index (Phi) is 6.47. The first-order valence-electron chi connectivity index (χ1n) is 7.82. The summed E-state index contributed by atoms with van der Waals surface area (Å²) in [5.41, 5.74) is -0.663. The number of carbonyl (C=O) groups excluding carboxylic acids is 2. The second-order valence-corrected chi connectivity index (χ2v) is 5.78. The summed E-state index contributed by atoms with van der Waals surface area (Å²) in [6.45, 7) is 8.02. The molecule has 1 unspecified atom stereocenters. The highest BCUT2D eigenvalue weighted by molar-refractivity contribution is 6.10. The molecule has 1 saturated carbocycles. The van der Waals surface area contributed by atoms with Crippen molar-refractivity contribution in [3.05, 3.63) is 12.7 Å². The first-order valence-corrected chi connectivity index (χ1v) is 7.82. The fourth-order valence-electron chi connectivity index (χ4n) is 2.89. The van der Waals surface area contributed by atoms with Gasteiger partial charge in [-0.3, -0.25) is 9.59 Å². The Morgan fingerprint density at radius 2 is 1.53 bits per heavy atom. The molecule has 19 heavy (non-hydrogen) atoms. The Balaban J connectivity index is 2.57. The van der Waals surface area contributed by atoms with Crippen molar-refractivity contribution in [2.45, 2.75) is 71.6 Å². The molecular formula is C17H28O2. The minimum atomic E-state index is -0.663. The Morgan fingerprint density at radius 1 is 1.05 bits per heavy atom. The molecule has 1 rings (SSSR count).